The van der Waals surface area contributed by atoms with Crippen LogP contribution >= 0.6 is 22.9 Å². The number of ether oxygens (including phenoxy) is 2. The fourth-order valence-electron chi connectivity index (χ4n) is 1.16. The number of anilines is 1. The van der Waals surface area contributed by atoms with Crippen molar-refractivity contribution in [1.82, 2.24) is 4.98 Å². The number of aromatic nitrogens is 1. The van der Waals surface area contributed by atoms with Gasteiger partial charge in [-0.2, -0.15) is 0 Å². The molecule has 7 heteroatoms. The molecule has 0 fully saturated rings. The van der Waals surface area contributed by atoms with Crippen molar-refractivity contribution in [2.45, 2.75) is 19.4 Å². The number of hydrogen-bond acceptors (Lipinski definition) is 6. The number of carbonyl (C=O) groups excluding carboxylic acids is 1. The summed E-state index contributed by atoms with van der Waals surface area (Å²) in [6.07, 6.45) is 0.848. The maximum absolute atomic E-state index is 11.3. The monoisotopic (exact) mass is 278 g/mol. The standard InChI is InChI=1S/C10H15ClN2O3S/c1-6(4-5-15-2)12-10-13-8(11)7(17-10)9(14)16-3/h6H,4-5H2,1-3H3,(H,12,13). The summed E-state index contributed by atoms with van der Waals surface area (Å²) in [6, 6.07) is 0.197. The van der Waals surface area contributed by atoms with Crippen molar-refractivity contribution >= 4 is 34.0 Å². The molecule has 0 amide bonds. The van der Waals surface area contributed by atoms with Gasteiger partial charge in [-0.15, -0.1) is 0 Å². The molecule has 1 aromatic rings. The highest BCUT2D eigenvalue weighted by atomic mass is 35.5. The summed E-state index contributed by atoms with van der Waals surface area (Å²) in [5.74, 6) is -0.468. The lowest BCUT2D eigenvalue weighted by Gasteiger charge is -2.11. The van der Waals surface area contributed by atoms with Crippen LogP contribution in [0, 0.1) is 0 Å². The first kappa shape index (κ1) is 14.2. The van der Waals surface area contributed by atoms with E-state index in [2.05, 4.69) is 15.0 Å². The van der Waals surface area contributed by atoms with Crippen LogP contribution in [0.3, 0.4) is 0 Å². The Hall–Kier alpha value is -0.850. The second kappa shape index (κ2) is 6.78. The van der Waals surface area contributed by atoms with Gasteiger partial charge in [-0.05, 0) is 13.3 Å². The molecule has 0 aliphatic carbocycles. The first-order valence-electron chi connectivity index (χ1n) is 5.08. The number of esters is 1. The van der Waals surface area contributed by atoms with Crippen molar-refractivity contribution in [1.29, 1.82) is 0 Å². The number of halogens is 1. The van der Waals surface area contributed by atoms with Crippen LogP contribution in [0.2, 0.25) is 5.15 Å². The fourth-order valence-corrected chi connectivity index (χ4v) is 2.37. The highest BCUT2D eigenvalue weighted by Gasteiger charge is 2.17. The number of nitrogens with one attached hydrogen (secondary N) is 1. The van der Waals surface area contributed by atoms with E-state index in [0.717, 1.165) is 6.42 Å². The minimum absolute atomic E-state index is 0.170. The largest absolute Gasteiger partial charge is 0.465 e. The van der Waals surface area contributed by atoms with Crippen molar-refractivity contribution < 1.29 is 14.3 Å². The minimum Gasteiger partial charge on any atom is -0.465 e. The van der Waals surface area contributed by atoms with Gasteiger partial charge in [0, 0.05) is 19.8 Å². The molecule has 5 nitrogen and oxygen atoms in total. The molecule has 0 aliphatic rings. The normalized spacial score (nSPS) is 12.2. The summed E-state index contributed by atoms with van der Waals surface area (Å²) in [5.41, 5.74) is 0. The first-order chi connectivity index (χ1) is 8.08. The highest BCUT2D eigenvalue weighted by molar-refractivity contribution is 7.18. The van der Waals surface area contributed by atoms with Crippen molar-refractivity contribution in [2.75, 3.05) is 26.1 Å². The average molecular weight is 279 g/mol. The van der Waals surface area contributed by atoms with Gasteiger partial charge in [0.05, 0.1) is 7.11 Å². The predicted molar refractivity (Wildman–Crippen MR) is 68.0 cm³/mol. The smallest absolute Gasteiger partial charge is 0.351 e. The summed E-state index contributed by atoms with van der Waals surface area (Å²) in [4.78, 5) is 15.7. The molecule has 0 spiro atoms. The van der Waals surface area contributed by atoms with Crippen LogP contribution in [0.15, 0.2) is 0 Å². The van der Waals surface area contributed by atoms with Gasteiger partial charge in [0.1, 0.15) is 0 Å². The SMILES string of the molecule is COCCC(C)Nc1nc(Cl)c(C(=O)OC)s1. The van der Waals surface area contributed by atoms with Gasteiger partial charge in [0.2, 0.25) is 0 Å². The summed E-state index contributed by atoms with van der Waals surface area (Å²) in [7, 11) is 2.97. The molecule has 0 saturated carbocycles. The van der Waals surface area contributed by atoms with Gasteiger partial charge < -0.3 is 14.8 Å². The molecule has 0 aromatic carbocycles. The molecule has 1 aromatic heterocycles. The van der Waals surface area contributed by atoms with Crippen LogP contribution in [-0.2, 0) is 9.47 Å². The van der Waals surface area contributed by atoms with Gasteiger partial charge in [-0.3, -0.25) is 0 Å². The van der Waals surface area contributed by atoms with Gasteiger partial charge in [0.25, 0.3) is 0 Å². The molecule has 1 N–H and O–H groups in total. The maximum Gasteiger partial charge on any atom is 0.351 e. The molecule has 0 radical (unpaired) electrons. The second-order valence-corrected chi connectivity index (χ2v) is 4.81. The van der Waals surface area contributed by atoms with Crippen LogP contribution in [-0.4, -0.2) is 37.8 Å². The van der Waals surface area contributed by atoms with Crippen LogP contribution in [0.25, 0.3) is 0 Å². The fraction of sp³-hybridized carbons (Fsp3) is 0.600. The predicted octanol–water partition coefficient (Wildman–Crippen LogP) is 2.42. The Kier molecular flexibility index (Phi) is 5.67. The van der Waals surface area contributed by atoms with E-state index in [1.807, 2.05) is 6.92 Å². The minimum atomic E-state index is -0.468. The summed E-state index contributed by atoms with van der Waals surface area (Å²) >= 11 is 7.02. The molecule has 0 aliphatic heterocycles. The third-order valence-electron chi connectivity index (χ3n) is 2.08. The van der Waals surface area contributed by atoms with Gasteiger partial charge in [-0.25, -0.2) is 9.78 Å². The number of nitrogens with zero attached hydrogens (tertiary/aromatic N) is 1. The van der Waals surface area contributed by atoms with Crippen LogP contribution in [0.1, 0.15) is 23.0 Å². The molecule has 1 rings (SSSR count). The van der Waals surface area contributed by atoms with E-state index in [1.165, 1.54) is 18.4 Å². The van der Waals surface area contributed by atoms with Crippen molar-refractivity contribution in [3.63, 3.8) is 0 Å². The quantitative estimate of drug-likeness (QED) is 0.810. The number of rotatable bonds is 6. The average Bonchev–Trinajstić information content (AvgIpc) is 2.66. The summed E-state index contributed by atoms with van der Waals surface area (Å²) < 4.78 is 9.58. The zero-order valence-corrected chi connectivity index (χ0v) is 11.5. The van der Waals surface area contributed by atoms with E-state index >= 15 is 0 Å². The van der Waals surface area contributed by atoms with Crippen LogP contribution in [0.4, 0.5) is 5.13 Å². The Labute approximate surface area is 109 Å². The van der Waals surface area contributed by atoms with E-state index in [0.29, 0.717) is 16.6 Å². The third-order valence-corrected chi connectivity index (χ3v) is 3.43. The number of hydrogen-bond donors (Lipinski definition) is 1. The van der Waals surface area contributed by atoms with E-state index < -0.39 is 5.97 Å². The lowest BCUT2D eigenvalue weighted by atomic mass is 10.2. The van der Waals surface area contributed by atoms with E-state index in [4.69, 9.17) is 16.3 Å². The zero-order valence-electron chi connectivity index (χ0n) is 9.95. The van der Waals surface area contributed by atoms with E-state index in [1.54, 1.807) is 7.11 Å². The summed E-state index contributed by atoms with van der Waals surface area (Å²) in [5, 5.41) is 3.93. The molecule has 0 saturated heterocycles. The number of thiazole rings is 1. The Bertz CT molecular complexity index is 384. The Morgan fingerprint density at radius 1 is 1.59 bits per heavy atom. The number of carbonyl (C=O) groups is 1. The van der Waals surface area contributed by atoms with Gasteiger partial charge >= 0.3 is 5.97 Å². The van der Waals surface area contributed by atoms with Crippen LogP contribution in [0.5, 0.6) is 0 Å². The zero-order chi connectivity index (χ0) is 12.8. The summed E-state index contributed by atoms with van der Waals surface area (Å²) in [6.45, 7) is 2.67. The van der Waals surface area contributed by atoms with Crippen molar-refractivity contribution in [3.05, 3.63) is 10.0 Å². The molecule has 1 unspecified atom stereocenters. The molecular formula is C10H15ClN2O3S. The molecule has 17 heavy (non-hydrogen) atoms. The van der Waals surface area contributed by atoms with Gasteiger partial charge in [0.15, 0.2) is 15.2 Å². The van der Waals surface area contributed by atoms with Gasteiger partial charge in [-0.1, -0.05) is 22.9 Å². The van der Waals surface area contributed by atoms with Crippen molar-refractivity contribution in [3.8, 4) is 0 Å². The molecule has 1 heterocycles. The Balaban J connectivity index is 2.63. The highest BCUT2D eigenvalue weighted by Crippen LogP contribution is 2.28. The first-order valence-corrected chi connectivity index (χ1v) is 6.28. The van der Waals surface area contributed by atoms with E-state index in [9.17, 15) is 4.79 Å². The van der Waals surface area contributed by atoms with Crippen LogP contribution < -0.4 is 5.32 Å². The Morgan fingerprint density at radius 3 is 2.88 bits per heavy atom. The molecular weight excluding hydrogens is 264 g/mol. The lowest BCUT2D eigenvalue weighted by Crippen LogP contribution is -2.16. The maximum atomic E-state index is 11.3. The molecule has 0 bridgehead atoms. The van der Waals surface area contributed by atoms with E-state index in [-0.39, 0.29) is 11.2 Å². The second-order valence-electron chi connectivity index (χ2n) is 3.46. The lowest BCUT2D eigenvalue weighted by molar-refractivity contribution is 0.0606. The third kappa shape index (κ3) is 4.14. The topological polar surface area (TPSA) is 60.5 Å². The number of methoxy groups -OCH3 is 2. The Morgan fingerprint density at radius 2 is 2.29 bits per heavy atom. The van der Waals surface area contributed by atoms with Crippen molar-refractivity contribution in [2.24, 2.45) is 0 Å². The molecule has 1 atom stereocenters. The molecule has 96 valence electrons.